The van der Waals surface area contributed by atoms with Crippen molar-refractivity contribution < 1.29 is 4.52 Å². The maximum atomic E-state index is 12.4. The van der Waals surface area contributed by atoms with Crippen LogP contribution in [0.25, 0.3) is 22.6 Å². The van der Waals surface area contributed by atoms with Crippen molar-refractivity contribution in [3.63, 3.8) is 0 Å². The molecule has 9 nitrogen and oxygen atoms in total. The fourth-order valence-corrected chi connectivity index (χ4v) is 2.66. The van der Waals surface area contributed by atoms with Crippen molar-refractivity contribution in [3.8, 4) is 11.6 Å². The Balaban J connectivity index is 2.16. The lowest BCUT2D eigenvalue weighted by atomic mass is 10.1. The van der Waals surface area contributed by atoms with Crippen molar-refractivity contribution in [2.45, 2.75) is 26.3 Å². The first-order chi connectivity index (χ1) is 11.8. The van der Waals surface area contributed by atoms with E-state index in [1.165, 1.54) is 11.6 Å². The first kappa shape index (κ1) is 17.0. The molecule has 0 aliphatic carbocycles. The first-order valence-corrected chi connectivity index (χ1v) is 7.91. The van der Waals surface area contributed by atoms with E-state index in [9.17, 15) is 9.59 Å². The summed E-state index contributed by atoms with van der Waals surface area (Å²) in [5, 5.41) is 7.47. The molecule has 132 valence electrons. The topological polar surface area (TPSA) is 108 Å². The number of fused-ring (bicyclic) bond motifs is 1. The smallest absolute Gasteiger partial charge is 0.332 e. The van der Waals surface area contributed by atoms with Crippen molar-refractivity contribution in [2.75, 3.05) is 7.05 Å². The first-order valence-electron chi connectivity index (χ1n) is 7.91. The Kier molecular flexibility index (Phi) is 4.25. The quantitative estimate of drug-likeness (QED) is 0.717. The number of hydrogen-bond donors (Lipinski definition) is 1. The molecule has 0 radical (unpaired) electrons. The summed E-state index contributed by atoms with van der Waals surface area (Å²) >= 11 is 0. The van der Waals surface area contributed by atoms with Crippen molar-refractivity contribution in [2.24, 2.45) is 14.1 Å². The average molecular weight is 344 g/mol. The third-order valence-corrected chi connectivity index (χ3v) is 4.28. The van der Waals surface area contributed by atoms with E-state index in [4.69, 9.17) is 4.52 Å². The summed E-state index contributed by atoms with van der Waals surface area (Å²) in [4.78, 5) is 33.3. The number of likely N-dealkylation sites (N-methyl/N-ethyl adjacent to an activating group) is 1. The van der Waals surface area contributed by atoms with Crippen LogP contribution in [0.4, 0.5) is 0 Å². The SMILES string of the molecule is CNC(C)Cc1noc(-c2cc(C)c3c(=O)n(C)c(=O)n(C)c3n2)n1. The zero-order valence-corrected chi connectivity index (χ0v) is 14.8. The van der Waals surface area contributed by atoms with Gasteiger partial charge in [-0.25, -0.2) is 9.78 Å². The van der Waals surface area contributed by atoms with E-state index >= 15 is 0 Å². The van der Waals surface area contributed by atoms with E-state index in [-0.39, 0.29) is 17.5 Å². The molecule has 25 heavy (non-hydrogen) atoms. The van der Waals surface area contributed by atoms with Gasteiger partial charge in [0.1, 0.15) is 11.3 Å². The van der Waals surface area contributed by atoms with Crippen LogP contribution in [0.5, 0.6) is 0 Å². The molecule has 1 atom stereocenters. The van der Waals surface area contributed by atoms with E-state index in [1.807, 2.05) is 14.0 Å². The van der Waals surface area contributed by atoms with Crippen LogP contribution in [0.3, 0.4) is 0 Å². The van der Waals surface area contributed by atoms with Crippen molar-refractivity contribution in [1.29, 1.82) is 0 Å². The highest BCUT2D eigenvalue weighted by molar-refractivity contribution is 5.80. The molecule has 3 heterocycles. The van der Waals surface area contributed by atoms with Crippen molar-refractivity contribution in [3.05, 3.63) is 38.3 Å². The Bertz CT molecular complexity index is 1060. The van der Waals surface area contributed by atoms with Crippen LogP contribution in [0.1, 0.15) is 18.3 Å². The molecule has 0 aromatic carbocycles. The molecule has 1 N–H and O–H groups in total. The standard InChI is InChI=1S/C16H20N6O3/c1-8-6-10(14-19-11(20-25-14)7-9(2)17-3)18-13-12(8)15(23)22(5)16(24)21(13)4/h6,9,17H,7H2,1-5H3. The molecular formula is C16H20N6O3. The lowest BCUT2D eigenvalue weighted by Crippen LogP contribution is -2.37. The minimum atomic E-state index is -0.435. The second-order valence-electron chi connectivity index (χ2n) is 6.14. The number of hydrogen-bond acceptors (Lipinski definition) is 7. The monoisotopic (exact) mass is 344 g/mol. The van der Waals surface area contributed by atoms with Gasteiger partial charge < -0.3 is 9.84 Å². The summed E-state index contributed by atoms with van der Waals surface area (Å²) in [6, 6.07) is 1.92. The van der Waals surface area contributed by atoms with Crippen LogP contribution >= 0.6 is 0 Å². The minimum Gasteiger partial charge on any atom is -0.332 e. The van der Waals surface area contributed by atoms with Gasteiger partial charge >= 0.3 is 5.69 Å². The Labute approximate surface area is 143 Å². The third kappa shape index (κ3) is 2.86. The zero-order valence-electron chi connectivity index (χ0n) is 14.8. The zero-order chi connectivity index (χ0) is 18.3. The Morgan fingerprint density at radius 2 is 1.96 bits per heavy atom. The largest absolute Gasteiger partial charge is 0.332 e. The molecule has 9 heteroatoms. The van der Waals surface area contributed by atoms with Gasteiger partial charge in [0.25, 0.3) is 11.4 Å². The molecule has 0 aliphatic heterocycles. The Morgan fingerprint density at radius 3 is 2.64 bits per heavy atom. The second-order valence-corrected chi connectivity index (χ2v) is 6.14. The molecule has 0 amide bonds. The molecule has 0 fully saturated rings. The summed E-state index contributed by atoms with van der Waals surface area (Å²) in [7, 11) is 4.89. The van der Waals surface area contributed by atoms with Gasteiger partial charge in [0.2, 0.25) is 0 Å². The van der Waals surface area contributed by atoms with Crippen LogP contribution in [0, 0.1) is 6.92 Å². The Morgan fingerprint density at radius 1 is 1.24 bits per heavy atom. The van der Waals surface area contributed by atoms with Crippen molar-refractivity contribution in [1.82, 2.24) is 29.6 Å². The predicted molar refractivity (Wildman–Crippen MR) is 92.5 cm³/mol. The van der Waals surface area contributed by atoms with Gasteiger partial charge in [-0.3, -0.25) is 13.9 Å². The van der Waals surface area contributed by atoms with E-state index in [2.05, 4.69) is 20.4 Å². The molecule has 0 bridgehead atoms. The number of aryl methyl sites for hydroxylation is 2. The van der Waals surface area contributed by atoms with Crippen LogP contribution in [-0.4, -0.2) is 37.3 Å². The number of rotatable bonds is 4. The Hall–Kier alpha value is -2.81. The molecule has 3 rings (SSSR count). The number of aromatic nitrogens is 5. The maximum Gasteiger partial charge on any atom is 0.332 e. The van der Waals surface area contributed by atoms with E-state index in [0.717, 1.165) is 4.57 Å². The normalized spacial score (nSPS) is 12.7. The highest BCUT2D eigenvalue weighted by Crippen LogP contribution is 2.20. The minimum absolute atomic E-state index is 0.209. The lowest BCUT2D eigenvalue weighted by Gasteiger charge is -2.09. The number of pyridine rings is 1. The van der Waals surface area contributed by atoms with Crippen LogP contribution in [0.15, 0.2) is 20.2 Å². The maximum absolute atomic E-state index is 12.4. The van der Waals surface area contributed by atoms with Gasteiger partial charge in [-0.2, -0.15) is 4.98 Å². The summed E-state index contributed by atoms with van der Waals surface area (Å²) in [6.07, 6.45) is 0.617. The fraction of sp³-hybridized carbons (Fsp3) is 0.438. The van der Waals surface area contributed by atoms with E-state index < -0.39 is 5.69 Å². The van der Waals surface area contributed by atoms with Gasteiger partial charge in [-0.1, -0.05) is 5.16 Å². The van der Waals surface area contributed by atoms with Gasteiger partial charge in [0.05, 0.1) is 5.39 Å². The summed E-state index contributed by atoms with van der Waals surface area (Å²) in [5.74, 6) is 0.825. The van der Waals surface area contributed by atoms with Crippen LogP contribution in [-0.2, 0) is 20.5 Å². The number of nitrogens with one attached hydrogen (secondary N) is 1. The highest BCUT2D eigenvalue weighted by atomic mass is 16.5. The lowest BCUT2D eigenvalue weighted by molar-refractivity contribution is 0.417. The molecule has 3 aromatic heterocycles. The average Bonchev–Trinajstić information content (AvgIpc) is 3.05. The molecule has 1 unspecified atom stereocenters. The predicted octanol–water partition coefficient (Wildman–Crippen LogP) is 0.141. The molecular weight excluding hydrogens is 324 g/mol. The molecule has 0 spiro atoms. The fourth-order valence-electron chi connectivity index (χ4n) is 2.66. The summed E-state index contributed by atoms with van der Waals surface area (Å²) in [6.45, 7) is 3.81. The van der Waals surface area contributed by atoms with Gasteiger partial charge in [0.15, 0.2) is 5.82 Å². The molecule has 0 saturated heterocycles. The highest BCUT2D eigenvalue weighted by Gasteiger charge is 2.17. The number of nitrogens with zero attached hydrogens (tertiary/aromatic N) is 5. The third-order valence-electron chi connectivity index (χ3n) is 4.28. The van der Waals surface area contributed by atoms with Crippen LogP contribution in [0.2, 0.25) is 0 Å². The summed E-state index contributed by atoms with van der Waals surface area (Å²) in [5.41, 5.74) is 0.620. The molecule has 0 saturated carbocycles. The molecule has 3 aromatic rings. The van der Waals surface area contributed by atoms with Gasteiger partial charge in [-0.15, -0.1) is 0 Å². The second kappa shape index (κ2) is 6.25. The summed E-state index contributed by atoms with van der Waals surface area (Å²) < 4.78 is 7.71. The van der Waals surface area contributed by atoms with E-state index in [0.29, 0.717) is 34.5 Å². The van der Waals surface area contributed by atoms with Gasteiger partial charge in [0, 0.05) is 26.6 Å². The molecule has 0 aliphatic rings. The van der Waals surface area contributed by atoms with Crippen LogP contribution < -0.4 is 16.6 Å². The van der Waals surface area contributed by atoms with Crippen molar-refractivity contribution >= 4 is 11.0 Å². The van der Waals surface area contributed by atoms with Gasteiger partial charge in [-0.05, 0) is 32.5 Å². The van der Waals surface area contributed by atoms with E-state index in [1.54, 1.807) is 20.0 Å².